The first kappa shape index (κ1) is 19.0. The Balaban J connectivity index is 1.81. The van der Waals surface area contributed by atoms with Gasteiger partial charge in [-0.25, -0.2) is 17.5 Å². The summed E-state index contributed by atoms with van der Waals surface area (Å²) in [5, 5.41) is 0. The number of nitrogens with zero attached hydrogens (tertiary/aromatic N) is 1. The van der Waals surface area contributed by atoms with Gasteiger partial charge < -0.3 is 4.74 Å². The number of sulfonamides is 1. The van der Waals surface area contributed by atoms with E-state index in [4.69, 9.17) is 4.74 Å². The molecule has 0 aliphatic carbocycles. The second-order valence-corrected chi connectivity index (χ2v) is 8.15. The fourth-order valence-corrected chi connectivity index (χ4v) is 4.20. The third-order valence-electron chi connectivity index (χ3n) is 4.49. The molecular weight excluding hydrogens is 355 g/mol. The molecule has 2 aromatic rings. The highest BCUT2D eigenvalue weighted by Crippen LogP contribution is 2.23. The third kappa shape index (κ3) is 4.67. The molecule has 0 aromatic heterocycles. The summed E-state index contributed by atoms with van der Waals surface area (Å²) in [5.41, 5.74) is 2.17. The van der Waals surface area contributed by atoms with Crippen molar-refractivity contribution in [2.45, 2.75) is 17.9 Å². The highest BCUT2D eigenvalue weighted by Gasteiger charge is 2.25. The zero-order chi connectivity index (χ0) is 18.6. The molecule has 0 spiro atoms. The van der Waals surface area contributed by atoms with Crippen molar-refractivity contribution < 1.29 is 17.5 Å². The predicted octanol–water partition coefficient (Wildman–Crippen LogP) is 2.49. The molecule has 3 rings (SSSR count). The molecule has 26 heavy (non-hydrogen) atoms. The van der Waals surface area contributed by atoms with Crippen LogP contribution in [0.15, 0.2) is 53.4 Å². The quantitative estimate of drug-likeness (QED) is 0.839. The maximum absolute atomic E-state index is 13.4. The smallest absolute Gasteiger partial charge is 0.240 e. The summed E-state index contributed by atoms with van der Waals surface area (Å²) < 4.78 is 46.5. The molecule has 0 radical (unpaired) electrons. The molecule has 0 saturated carbocycles. The summed E-state index contributed by atoms with van der Waals surface area (Å²) in [7, 11) is -3.78. The molecule has 1 fully saturated rings. The first-order chi connectivity index (χ1) is 12.5. The SMILES string of the molecule is Cc1cccc(C(CNS(=O)(=O)c2cccc(F)c2)N2CCOCC2)c1. The Morgan fingerprint density at radius 2 is 1.88 bits per heavy atom. The molecule has 1 N–H and O–H groups in total. The lowest BCUT2D eigenvalue weighted by Crippen LogP contribution is -2.43. The minimum absolute atomic E-state index is 0.0672. The molecule has 1 heterocycles. The van der Waals surface area contributed by atoms with Crippen molar-refractivity contribution >= 4 is 10.0 Å². The molecule has 0 amide bonds. The van der Waals surface area contributed by atoms with Crippen molar-refractivity contribution in [3.8, 4) is 0 Å². The summed E-state index contributed by atoms with van der Waals surface area (Å²) >= 11 is 0. The third-order valence-corrected chi connectivity index (χ3v) is 5.91. The van der Waals surface area contributed by atoms with Gasteiger partial charge in [0.2, 0.25) is 10.0 Å². The highest BCUT2D eigenvalue weighted by molar-refractivity contribution is 7.89. The van der Waals surface area contributed by atoms with Crippen molar-refractivity contribution in [1.82, 2.24) is 9.62 Å². The molecule has 140 valence electrons. The Hall–Kier alpha value is -1.80. The molecule has 2 aromatic carbocycles. The largest absolute Gasteiger partial charge is 0.379 e. The van der Waals surface area contributed by atoms with Crippen molar-refractivity contribution in [2.75, 3.05) is 32.8 Å². The van der Waals surface area contributed by atoms with Crippen LogP contribution in [0.25, 0.3) is 0 Å². The summed E-state index contributed by atoms with van der Waals surface area (Å²) in [6.45, 7) is 4.94. The lowest BCUT2D eigenvalue weighted by molar-refractivity contribution is 0.0172. The summed E-state index contributed by atoms with van der Waals surface area (Å²) in [4.78, 5) is 2.15. The lowest BCUT2D eigenvalue weighted by Gasteiger charge is -2.35. The fraction of sp³-hybridized carbons (Fsp3) is 0.368. The van der Waals surface area contributed by atoms with E-state index in [0.29, 0.717) is 13.2 Å². The molecule has 1 aliphatic rings. The number of halogens is 1. The Kier molecular flexibility index (Phi) is 6.03. The number of ether oxygens (including phenoxy) is 1. The maximum atomic E-state index is 13.4. The van der Waals surface area contributed by atoms with Crippen LogP contribution in [0.2, 0.25) is 0 Å². The molecule has 1 aliphatic heterocycles. The predicted molar refractivity (Wildman–Crippen MR) is 97.9 cm³/mol. The number of nitrogens with one attached hydrogen (secondary N) is 1. The van der Waals surface area contributed by atoms with E-state index in [1.165, 1.54) is 18.2 Å². The van der Waals surface area contributed by atoms with Gasteiger partial charge in [0.1, 0.15) is 5.82 Å². The first-order valence-electron chi connectivity index (χ1n) is 8.59. The molecule has 7 heteroatoms. The number of benzene rings is 2. The molecule has 5 nitrogen and oxygen atoms in total. The maximum Gasteiger partial charge on any atom is 0.240 e. The van der Waals surface area contributed by atoms with E-state index in [-0.39, 0.29) is 17.5 Å². The van der Waals surface area contributed by atoms with Gasteiger partial charge in [-0.2, -0.15) is 0 Å². The Morgan fingerprint density at radius 1 is 1.15 bits per heavy atom. The minimum Gasteiger partial charge on any atom is -0.379 e. The van der Waals surface area contributed by atoms with Crippen molar-refractivity contribution in [1.29, 1.82) is 0 Å². The van der Waals surface area contributed by atoms with Crippen LogP contribution < -0.4 is 4.72 Å². The van der Waals surface area contributed by atoms with E-state index in [1.54, 1.807) is 0 Å². The van der Waals surface area contributed by atoms with E-state index < -0.39 is 15.8 Å². The zero-order valence-corrected chi connectivity index (χ0v) is 15.5. The first-order valence-corrected chi connectivity index (χ1v) is 10.1. The fourth-order valence-electron chi connectivity index (χ4n) is 3.13. The van der Waals surface area contributed by atoms with Gasteiger partial charge in [0.15, 0.2) is 0 Å². The Morgan fingerprint density at radius 3 is 2.58 bits per heavy atom. The number of hydrogen-bond donors (Lipinski definition) is 1. The van der Waals surface area contributed by atoms with Gasteiger partial charge in [-0.15, -0.1) is 0 Å². The topological polar surface area (TPSA) is 58.6 Å². The highest BCUT2D eigenvalue weighted by atomic mass is 32.2. The average Bonchev–Trinajstić information content (AvgIpc) is 2.63. The van der Waals surface area contributed by atoms with Crippen LogP contribution in [0, 0.1) is 12.7 Å². The van der Waals surface area contributed by atoms with Crippen LogP contribution in [0.3, 0.4) is 0 Å². The van der Waals surface area contributed by atoms with E-state index in [2.05, 4.69) is 15.7 Å². The number of hydrogen-bond acceptors (Lipinski definition) is 4. The Bertz CT molecular complexity index is 851. The molecule has 1 unspecified atom stereocenters. The van der Waals surface area contributed by atoms with Crippen LogP contribution >= 0.6 is 0 Å². The number of morpholine rings is 1. The van der Waals surface area contributed by atoms with E-state index >= 15 is 0 Å². The van der Waals surface area contributed by atoms with Gasteiger partial charge in [-0.1, -0.05) is 35.9 Å². The summed E-state index contributed by atoms with van der Waals surface area (Å²) in [5.74, 6) is -0.573. The van der Waals surface area contributed by atoms with Crippen LogP contribution in [-0.2, 0) is 14.8 Å². The van der Waals surface area contributed by atoms with Crippen molar-refractivity contribution in [3.05, 3.63) is 65.5 Å². The standard InChI is InChI=1S/C19H23FN2O3S/c1-15-4-2-5-16(12-15)19(22-8-10-25-11-9-22)14-21-26(23,24)18-7-3-6-17(20)13-18/h2-7,12-13,19,21H,8-11,14H2,1H3. The van der Waals surface area contributed by atoms with Crippen LogP contribution in [-0.4, -0.2) is 46.2 Å². The van der Waals surface area contributed by atoms with Crippen LogP contribution in [0.5, 0.6) is 0 Å². The van der Waals surface area contributed by atoms with Gasteiger partial charge >= 0.3 is 0 Å². The second kappa shape index (κ2) is 8.26. The van der Waals surface area contributed by atoms with Gasteiger partial charge in [0.05, 0.1) is 18.1 Å². The van der Waals surface area contributed by atoms with Gasteiger partial charge in [0.25, 0.3) is 0 Å². The van der Waals surface area contributed by atoms with E-state index in [0.717, 1.165) is 30.3 Å². The minimum atomic E-state index is -3.78. The summed E-state index contributed by atoms with van der Waals surface area (Å²) in [6, 6.07) is 13.0. The van der Waals surface area contributed by atoms with E-state index in [9.17, 15) is 12.8 Å². The van der Waals surface area contributed by atoms with Crippen molar-refractivity contribution in [2.24, 2.45) is 0 Å². The van der Waals surface area contributed by atoms with E-state index in [1.807, 2.05) is 25.1 Å². The average molecular weight is 378 g/mol. The number of rotatable bonds is 6. The van der Waals surface area contributed by atoms with Gasteiger partial charge in [0, 0.05) is 25.7 Å². The van der Waals surface area contributed by atoms with Gasteiger partial charge in [-0.05, 0) is 30.7 Å². The summed E-state index contributed by atoms with van der Waals surface area (Å²) in [6.07, 6.45) is 0. The van der Waals surface area contributed by atoms with Crippen LogP contribution in [0.1, 0.15) is 17.2 Å². The molecule has 0 bridgehead atoms. The van der Waals surface area contributed by atoms with Gasteiger partial charge in [-0.3, -0.25) is 4.90 Å². The second-order valence-electron chi connectivity index (χ2n) is 6.39. The normalized spacial score (nSPS) is 17.2. The molecular formula is C19H23FN2O3S. The molecule has 1 atom stereocenters. The van der Waals surface area contributed by atoms with Crippen LogP contribution in [0.4, 0.5) is 4.39 Å². The zero-order valence-electron chi connectivity index (χ0n) is 14.7. The number of aryl methyl sites for hydroxylation is 1. The monoisotopic (exact) mass is 378 g/mol. The molecule has 1 saturated heterocycles. The Labute approximate surface area is 153 Å². The lowest BCUT2D eigenvalue weighted by atomic mass is 10.0. The van der Waals surface area contributed by atoms with Crippen molar-refractivity contribution in [3.63, 3.8) is 0 Å².